The maximum Gasteiger partial charge on any atom is 0.335 e. The van der Waals surface area contributed by atoms with Crippen molar-refractivity contribution in [2.24, 2.45) is 0 Å². The summed E-state index contributed by atoms with van der Waals surface area (Å²) in [5.41, 5.74) is 2.29. The second-order valence-electron chi connectivity index (χ2n) is 3.81. The molecular weight excluding hydrogens is 248 g/mol. The predicted octanol–water partition coefficient (Wildman–Crippen LogP) is 4.21. The average Bonchev–Trinajstić information content (AvgIpc) is 2.38. The Balaban J connectivity index is 2.13. The van der Waals surface area contributed by atoms with E-state index in [1.807, 2.05) is 36.4 Å². The summed E-state index contributed by atoms with van der Waals surface area (Å²) < 4.78 is 0. The first-order valence-electron chi connectivity index (χ1n) is 5.42. The number of carbonyl (C=O) groups is 1. The van der Waals surface area contributed by atoms with E-state index >= 15 is 0 Å². The largest absolute Gasteiger partial charge is 0.478 e. The van der Waals surface area contributed by atoms with Crippen LogP contribution in [0.2, 0.25) is 5.02 Å². The van der Waals surface area contributed by atoms with E-state index < -0.39 is 5.97 Å². The molecule has 0 radical (unpaired) electrons. The van der Waals surface area contributed by atoms with Crippen molar-refractivity contribution >= 4 is 29.7 Å². The molecule has 0 aliphatic heterocycles. The van der Waals surface area contributed by atoms with E-state index in [0.717, 1.165) is 11.1 Å². The molecule has 0 saturated carbocycles. The Morgan fingerprint density at radius 1 is 0.889 bits per heavy atom. The molecule has 0 saturated heterocycles. The van der Waals surface area contributed by atoms with E-state index in [1.165, 1.54) is 0 Å². The molecule has 2 aromatic rings. The van der Waals surface area contributed by atoms with Crippen molar-refractivity contribution in [3.8, 4) is 0 Å². The lowest BCUT2D eigenvalue weighted by molar-refractivity contribution is 0.0697. The van der Waals surface area contributed by atoms with Gasteiger partial charge in [-0.05, 0) is 35.4 Å². The zero-order chi connectivity index (χ0) is 13.0. The van der Waals surface area contributed by atoms with E-state index in [9.17, 15) is 4.79 Å². The summed E-state index contributed by atoms with van der Waals surface area (Å²) >= 11 is 5.80. The molecule has 1 N–H and O–H groups in total. The second kappa shape index (κ2) is 5.52. The van der Waals surface area contributed by atoms with Crippen LogP contribution in [0.5, 0.6) is 0 Å². The van der Waals surface area contributed by atoms with Crippen LogP contribution >= 0.6 is 11.6 Å². The highest BCUT2D eigenvalue weighted by molar-refractivity contribution is 6.30. The fourth-order valence-corrected chi connectivity index (χ4v) is 1.63. The lowest BCUT2D eigenvalue weighted by Gasteiger charge is -1.97. The molecule has 0 atom stereocenters. The summed E-state index contributed by atoms with van der Waals surface area (Å²) in [6.45, 7) is 0. The van der Waals surface area contributed by atoms with Crippen LogP contribution < -0.4 is 0 Å². The normalized spacial score (nSPS) is 10.7. The van der Waals surface area contributed by atoms with Crippen LogP contribution in [0.25, 0.3) is 12.2 Å². The lowest BCUT2D eigenvalue weighted by Crippen LogP contribution is -1.94. The molecule has 0 aromatic heterocycles. The van der Waals surface area contributed by atoms with E-state index in [2.05, 4.69) is 0 Å². The number of benzene rings is 2. The Morgan fingerprint density at radius 3 is 1.78 bits per heavy atom. The van der Waals surface area contributed by atoms with E-state index in [4.69, 9.17) is 16.7 Å². The maximum absolute atomic E-state index is 10.7. The number of rotatable bonds is 3. The average molecular weight is 259 g/mol. The Labute approximate surface area is 110 Å². The maximum atomic E-state index is 10.7. The Hall–Kier alpha value is -2.06. The molecule has 0 spiro atoms. The molecule has 0 amide bonds. The van der Waals surface area contributed by atoms with Crippen LogP contribution in [0.15, 0.2) is 48.5 Å². The van der Waals surface area contributed by atoms with Crippen molar-refractivity contribution in [3.63, 3.8) is 0 Å². The van der Waals surface area contributed by atoms with Gasteiger partial charge in [0.1, 0.15) is 0 Å². The molecule has 0 fully saturated rings. The fraction of sp³-hybridized carbons (Fsp3) is 0. The highest BCUT2D eigenvalue weighted by Crippen LogP contribution is 2.13. The molecule has 3 heteroatoms. The zero-order valence-electron chi connectivity index (χ0n) is 9.51. The fourth-order valence-electron chi connectivity index (χ4n) is 1.50. The minimum absolute atomic E-state index is 0.290. The van der Waals surface area contributed by atoms with Crippen LogP contribution in [0.3, 0.4) is 0 Å². The van der Waals surface area contributed by atoms with Gasteiger partial charge in [-0.3, -0.25) is 0 Å². The van der Waals surface area contributed by atoms with Crippen molar-refractivity contribution in [3.05, 3.63) is 70.2 Å². The van der Waals surface area contributed by atoms with Gasteiger partial charge in [0.15, 0.2) is 0 Å². The van der Waals surface area contributed by atoms with Gasteiger partial charge in [0, 0.05) is 5.02 Å². The summed E-state index contributed by atoms with van der Waals surface area (Å²) in [5.74, 6) is -0.914. The monoisotopic (exact) mass is 258 g/mol. The zero-order valence-corrected chi connectivity index (χ0v) is 10.3. The van der Waals surface area contributed by atoms with Crippen molar-refractivity contribution < 1.29 is 9.90 Å². The molecule has 0 unspecified atom stereocenters. The highest BCUT2D eigenvalue weighted by Gasteiger charge is 1.99. The topological polar surface area (TPSA) is 37.3 Å². The SMILES string of the molecule is O=C(O)c1ccc(C=Cc2ccc(Cl)cc2)cc1. The molecule has 0 aliphatic rings. The summed E-state index contributed by atoms with van der Waals surface area (Å²) in [6, 6.07) is 14.2. The first-order chi connectivity index (χ1) is 8.65. The number of hydrogen-bond donors (Lipinski definition) is 1. The van der Waals surface area contributed by atoms with Gasteiger partial charge in [-0.2, -0.15) is 0 Å². The van der Waals surface area contributed by atoms with Crippen LogP contribution in [-0.4, -0.2) is 11.1 Å². The molecule has 2 aromatic carbocycles. The Morgan fingerprint density at radius 2 is 1.33 bits per heavy atom. The van der Waals surface area contributed by atoms with Gasteiger partial charge in [0.25, 0.3) is 0 Å². The van der Waals surface area contributed by atoms with Gasteiger partial charge in [-0.1, -0.05) is 48.0 Å². The standard InChI is InChI=1S/C15H11ClO2/c16-14-9-5-12(6-10-14)2-1-11-3-7-13(8-4-11)15(17)18/h1-10H,(H,17,18). The van der Waals surface area contributed by atoms with Crippen LogP contribution in [-0.2, 0) is 0 Å². The number of aromatic carboxylic acids is 1. The Bertz CT molecular complexity index is 568. The molecule has 0 heterocycles. The summed E-state index contributed by atoms with van der Waals surface area (Å²) in [7, 11) is 0. The number of carboxylic acids is 1. The third kappa shape index (κ3) is 3.22. The van der Waals surface area contributed by atoms with Gasteiger partial charge in [-0.15, -0.1) is 0 Å². The van der Waals surface area contributed by atoms with E-state index in [-0.39, 0.29) is 0 Å². The third-order valence-corrected chi connectivity index (χ3v) is 2.75. The first kappa shape index (κ1) is 12.4. The van der Waals surface area contributed by atoms with Crippen molar-refractivity contribution in [1.82, 2.24) is 0 Å². The summed E-state index contributed by atoms with van der Waals surface area (Å²) in [5, 5.41) is 9.49. The third-order valence-electron chi connectivity index (χ3n) is 2.50. The van der Waals surface area contributed by atoms with Gasteiger partial charge in [0.05, 0.1) is 5.56 Å². The quantitative estimate of drug-likeness (QED) is 0.838. The molecule has 18 heavy (non-hydrogen) atoms. The van der Waals surface area contributed by atoms with E-state index in [1.54, 1.807) is 24.3 Å². The van der Waals surface area contributed by atoms with Crippen LogP contribution in [0.4, 0.5) is 0 Å². The lowest BCUT2D eigenvalue weighted by atomic mass is 10.1. The van der Waals surface area contributed by atoms with Gasteiger partial charge in [0.2, 0.25) is 0 Å². The second-order valence-corrected chi connectivity index (χ2v) is 4.25. The van der Waals surface area contributed by atoms with Crippen molar-refractivity contribution in [1.29, 1.82) is 0 Å². The molecule has 0 bridgehead atoms. The Kier molecular flexibility index (Phi) is 3.80. The van der Waals surface area contributed by atoms with Gasteiger partial charge < -0.3 is 5.11 Å². The van der Waals surface area contributed by atoms with E-state index in [0.29, 0.717) is 10.6 Å². The number of halogens is 1. The van der Waals surface area contributed by atoms with Gasteiger partial charge in [-0.25, -0.2) is 4.79 Å². The predicted molar refractivity (Wildman–Crippen MR) is 73.8 cm³/mol. The molecular formula is C15H11ClO2. The molecule has 90 valence electrons. The van der Waals surface area contributed by atoms with Gasteiger partial charge >= 0.3 is 5.97 Å². The minimum Gasteiger partial charge on any atom is -0.478 e. The molecule has 0 aliphatic carbocycles. The van der Waals surface area contributed by atoms with Crippen molar-refractivity contribution in [2.45, 2.75) is 0 Å². The highest BCUT2D eigenvalue weighted by atomic mass is 35.5. The van der Waals surface area contributed by atoms with Crippen LogP contribution in [0.1, 0.15) is 21.5 Å². The number of carboxylic acid groups (broad SMARTS) is 1. The number of hydrogen-bond acceptors (Lipinski definition) is 1. The van der Waals surface area contributed by atoms with Crippen LogP contribution in [0, 0.1) is 0 Å². The van der Waals surface area contributed by atoms with Crippen molar-refractivity contribution in [2.75, 3.05) is 0 Å². The minimum atomic E-state index is -0.914. The molecule has 2 nitrogen and oxygen atoms in total. The summed E-state index contributed by atoms with van der Waals surface area (Å²) in [4.78, 5) is 10.7. The first-order valence-corrected chi connectivity index (χ1v) is 5.80. The molecule has 2 rings (SSSR count). The summed E-state index contributed by atoms with van der Waals surface area (Å²) in [6.07, 6.45) is 3.88. The smallest absolute Gasteiger partial charge is 0.335 e.